The number of amides is 1. The lowest BCUT2D eigenvalue weighted by molar-refractivity contribution is -0.114. The molecule has 1 atom stereocenters. The van der Waals surface area contributed by atoms with E-state index in [4.69, 9.17) is 11.6 Å². The van der Waals surface area contributed by atoms with Gasteiger partial charge in [-0.1, -0.05) is 0 Å². The Hall–Kier alpha value is -0.570. The smallest absolute Gasteiger partial charge is 0.264 e. The molecule has 0 saturated heterocycles. The molecule has 1 N–H and O–H groups in total. The van der Waals surface area contributed by atoms with Crippen molar-refractivity contribution in [2.75, 3.05) is 13.6 Å². The molecule has 1 aliphatic rings. The second-order valence-electron chi connectivity index (χ2n) is 2.50. The number of halogens is 1. The number of carbonyl (C=O) groups is 1. The molecule has 1 rings (SSSR count). The molecule has 0 aromatic rings. The number of rotatable bonds is 1. The molecule has 62 valence electrons. The minimum atomic E-state index is -0.102. The summed E-state index contributed by atoms with van der Waals surface area (Å²) in [4.78, 5) is 15.1. The van der Waals surface area contributed by atoms with Gasteiger partial charge in [-0.3, -0.25) is 9.79 Å². The van der Waals surface area contributed by atoms with Crippen molar-refractivity contribution in [3.63, 3.8) is 0 Å². The van der Waals surface area contributed by atoms with Gasteiger partial charge in [-0.15, -0.1) is 11.6 Å². The molecule has 0 aromatic heterocycles. The molecule has 0 aliphatic carbocycles. The number of aliphatic imine (C=N–C) groups is 1. The zero-order valence-electron chi connectivity index (χ0n) is 6.43. The highest BCUT2D eigenvalue weighted by molar-refractivity contribution is 6.40. The Bertz CT molecular complexity index is 191. The van der Waals surface area contributed by atoms with Gasteiger partial charge in [0.15, 0.2) is 0 Å². The fourth-order valence-corrected chi connectivity index (χ4v) is 1.27. The van der Waals surface area contributed by atoms with Crippen molar-refractivity contribution >= 4 is 23.2 Å². The fraction of sp³-hybridized carbons (Fsp3) is 0.714. The van der Waals surface area contributed by atoms with Gasteiger partial charge in [-0.2, -0.15) is 0 Å². The molecule has 11 heavy (non-hydrogen) atoms. The van der Waals surface area contributed by atoms with E-state index in [1.165, 1.54) is 0 Å². The summed E-state index contributed by atoms with van der Waals surface area (Å²) in [7, 11) is 1.60. The Kier molecular flexibility index (Phi) is 2.88. The predicted octanol–water partition coefficient (Wildman–Crippen LogP) is 0.575. The molecule has 0 aromatic carbocycles. The molecule has 0 spiro atoms. The normalized spacial score (nSPS) is 24.2. The first-order valence-electron chi connectivity index (χ1n) is 3.63. The minimum absolute atomic E-state index is 0.0831. The molecule has 1 heterocycles. The quantitative estimate of drug-likeness (QED) is 0.581. The molecule has 1 aliphatic heterocycles. The van der Waals surface area contributed by atoms with E-state index >= 15 is 0 Å². The van der Waals surface area contributed by atoms with Gasteiger partial charge in [0, 0.05) is 25.4 Å². The van der Waals surface area contributed by atoms with Crippen molar-refractivity contribution in [1.29, 1.82) is 0 Å². The average molecular weight is 175 g/mol. The van der Waals surface area contributed by atoms with Gasteiger partial charge in [0.1, 0.15) is 5.71 Å². The first-order chi connectivity index (χ1) is 5.24. The average Bonchev–Trinajstić information content (AvgIpc) is 2.03. The van der Waals surface area contributed by atoms with E-state index in [1.54, 1.807) is 7.05 Å². The van der Waals surface area contributed by atoms with Gasteiger partial charge in [-0.05, 0) is 6.42 Å². The van der Waals surface area contributed by atoms with Crippen molar-refractivity contribution in [3.8, 4) is 0 Å². The summed E-state index contributed by atoms with van der Waals surface area (Å²) in [6.07, 6.45) is 1.48. The summed E-state index contributed by atoms with van der Waals surface area (Å²) in [5.41, 5.74) is 0.582. The van der Waals surface area contributed by atoms with Gasteiger partial charge in [0.25, 0.3) is 5.91 Å². The van der Waals surface area contributed by atoms with Crippen molar-refractivity contribution in [2.45, 2.75) is 18.2 Å². The van der Waals surface area contributed by atoms with Gasteiger partial charge in [0.05, 0.1) is 0 Å². The van der Waals surface area contributed by atoms with Crippen LogP contribution in [0.3, 0.4) is 0 Å². The van der Waals surface area contributed by atoms with Crippen LogP contribution in [0.4, 0.5) is 0 Å². The number of nitrogens with one attached hydrogen (secondary N) is 1. The summed E-state index contributed by atoms with van der Waals surface area (Å²) in [5, 5.41) is 2.61. The van der Waals surface area contributed by atoms with Crippen molar-refractivity contribution in [2.24, 2.45) is 4.99 Å². The van der Waals surface area contributed by atoms with Crippen molar-refractivity contribution in [3.05, 3.63) is 0 Å². The first kappa shape index (κ1) is 8.53. The fourth-order valence-electron chi connectivity index (χ4n) is 1.02. The van der Waals surface area contributed by atoms with Gasteiger partial charge < -0.3 is 5.32 Å². The van der Waals surface area contributed by atoms with E-state index in [9.17, 15) is 4.79 Å². The van der Waals surface area contributed by atoms with Gasteiger partial charge >= 0.3 is 0 Å². The van der Waals surface area contributed by atoms with Crippen LogP contribution in [0.5, 0.6) is 0 Å². The SMILES string of the molecule is CNC(=O)C1=NCCC(Cl)C1. The lowest BCUT2D eigenvalue weighted by Crippen LogP contribution is -2.32. The van der Waals surface area contributed by atoms with Crippen LogP contribution in [-0.2, 0) is 4.79 Å². The monoisotopic (exact) mass is 174 g/mol. The van der Waals surface area contributed by atoms with Crippen LogP contribution in [0, 0.1) is 0 Å². The van der Waals surface area contributed by atoms with Crippen LogP contribution < -0.4 is 5.32 Å². The predicted molar refractivity (Wildman–Crippen MR) is 45.2 cm³/mol. The first-order valence-corrected chi connectivity index (χ1v) is 4.07. The lowest BCUT2D eigenvalue weighted by atomic mass is 10.1. The largest absolute Gasteiger partial charge is 0.354 e. The minimum Gasteiger partial charge on any atom is -0.354 e. The Labute approximate surface area is 70.8 Å². The molecule has 1 unspecified atom stereocenters. The summed E-state index contributed by atoms with van der Waals surface area (Å²) in [5.74, 6) is -0.102. The number of hydrogen-bond acceptors (Lipinski definition) is 2. The Morgan fingerprint density at radius 3 is 3.09 bits per heavy atom. The van der Waals surface area contributed by atoms with Crippen molar-refractivity contribution < 1.29 is 4.79 Å². The molecule has 1 amide bonds. The van der Waals surface area contributed by atoms with E-state index in [1.807, 2.05) is 0 Å². The van der Waals surface area contributed by atoms with Gasteiger partial charge in [0.2, 0.25) is 0 Å². The maximum atomic E-state index is 11.0. The highest BCUT2D eigenvalue weighted by Crippen LogP contribution is 2.13. The lowest BCUT2D eigenvalue weighted by Gasteiger charge is -2.14. The summed E-state index contributed by atoms with van der Waals surface area (Å²) >= 11 is 5.85. The van der Waals surface area contributed by atoms with Crippen LogP contribution in [-0.4, -0.2) is 30.6 Å². The zero-order chi connectivity index (χ0) is 8.27. The second kappa shape index (κ2) is 3.72. The molecular weight excluding hydrogens is 164 g/mol. The molecular formula is C7H11ClN2O. The summed E-state index contributed by atoms with van der Waals surface area (Å²) < 4.78 is 0. The number of nitrogens with zero attached hydrogens (tertiary/aromatic N) is 1. The molecule has 4 heteroatoms. The van der Waals surface area contributed by atoms with E-state index in [2.05, 4.69) is 10.3 Å². The number of hydrogen-bond donors (Lipinski definition) is 1. The topological polar surface area (TPSA) is 41.5 Å². The highest BCUT2D eigenvalue weighted by atomic mass is 35.5. The molecule has 0 fully saturated rings. The van der Waals surface area contributed by atoms with E-state index < -0.39 is 0 Å². The van der Waals surface area contributed by atoms with Crippen LogP contribution in [0.25, 0.3) is 0 Å². The summed E-state index contributed by atoms with van der Waals surface area (Å²) in [6.45, 7) is 0.677. The van der Waals surface area contributed by atoms with Crippen molar-refractivity contribution in [1.82, 2.24) is 5.32 Å². The van der Waals surface area contributed by atoms with Crippen LogP contribution in [0.2, 0.25) is 0 Å². The standard InChI is InChI=1S/C7H11ClN2O/c1-9-7(11)6-4-5(8)2-3-10-6/h5H,2-4H2,1H3,(H,9,11). The maximum absolute atomic E-state index is 11.0. The number of alkyl halides is 1. The third-order valence-electron chi connectivity index (χ3n) is 1.65. The van der Waals surface area contributed by atoms with Gasteiger partial charge in [-0.25, -0.2) is 0 Å². The van der Waals surface area contributed by atoms with E-state index in [0.717, 1.165) is 6.42 Å². The third kappa shape index (κ3) is 2.19. The Morgan fingerprint density at radius 1 is 1.82 bits per heavy atom. The molecule has 0 bridgehead atoms. The second-order valence-corrected chi connectivity index (χ2v) is 3.11. The molecule has 3 nitrogen and oxygen atoms in total. The zero-order valence-corrected chi connectivity index (χ0v) is 7.19. The summed E-state index contributed by atoms with van der Waals surface area (Å²) in [6, 6.07) is 0. The Balaban J connectivity index is 2.57. The van der Waals surface area contributed by atoms with E-state index in [-0.39, 0.29) is 11.3 Å². The number of carbonyl (C=O) groups excluding carboxylic acids is 1. The van der Waals surface area contributed by atoms with E-state index in [0.29, 0.717) is 18.7 Å². The molecule has 0 saturated carbocycles. The Morgan fingerprint density at radius 2 is 2.55 bits per heavy atom. The third-order valence-corrected chi connectivity index (χ3v) is 2.02. The molecule has 0 radical (unpaired) electrons. The van der Waals surface area contributed by atoms with Crippen LogP contribution in [0.1, 0.15) is 12.8 Å². The van der Waals surface area contributed by atoms with Crippen LogP contribution in [0.15, 0.2) is 4.99 Å². The highest BCUT2D eigenvalue weighted by Gasteiger charge is 2.18. The maximum Gasteiger partial charge on any atom is 0.264 e. The van der Waals surface area contributed by atoms with Crippen LogP contribution >= 0.6 is 11.6 Å².